The fourth-order valence-electron chi connectivity index (χ4n) is 2.88. The van der Waals surface area contributed by atoms with Crippen LogP contribution in [0.3, 0.4) is 0 Å². The molecule has 0 aliphatic heterocycles. The number of carbonyl (C=O) groups excluding carboxylic acids is 2. The Morgan fingerprint density at radius 1 is 1.15 bits per heavy atom. The molecule has 1 N–H and O–H groups in total. The summed E-state index contributed by atoms with van der Waals surface area (Å²) < 4.78 is 2.26. The van der Waals surface area contributed by atoms with Crippen LogP contribution in [0.25, 0.3) is 0 Å². The Morgan fingerprint density at radius 3 is 2.50 bits per heavy atom. The van der Waals surface area contributed by atoms with Crippen molar-refractivity contribution >= 4 is 29.1 Å². The number of nitrogens with zero attached hydrogens (tertiary/aromatic N) is 3. The molecule has 1 heterocycles. The van der Waals surface area contributed by atoms with E-state index in [-0.39, 0.29) is 11.7 Å². The van der Waals surface area contributed by atoms with Crippen LogP contribution in [0.15, 0.2) is 29.4 Å². The van der Waals surface area contributed by atoms with Gasteiger partial charge in [0.1, 0.15) is 5.82 Å². The van der Waals surface area contributed by atoms with Gasteiger partial charge in [0.25, 0.3) is 0 Å². The van der Waals surface area contributed by atoms with Gasteiger partial charge in [-0.25, -0.2) is 0 Å². The zero-order valence-corrected chi connectivity index (χ0v) is 15.6. The van der Waals surface area contributed by atoms with Crippen LogP contribution < -0.4 is 5.32 Å². The number of benzene rings is 1. The van der Waals surface area contributed by atoms with Gasteiger partial charge >= 0.3 is 0 Å². The van der Waals surface area contributed by atoms with Crippen LogP contribution in [0.2, 0.25) is 0 Å². The molecule has 1 amide bonds. The summed E-state index contributed by atoms with van der Waals surface area (Å²) in [4.78, 5) is 23.9. The van der Waals surface area contributed by atoms with E-state index in [1.165, 1.54) is 37.4 Å². The number of aromatic nitrogens is 3. The molecule has 0 atom stereocenters. The van der Waals surface area contributed by atoms with Gasteiger partial charge in [0.15, 0.2) is 10.9 Å². The number of hydrogen-bond donors (Lipinski definition) is 1. The summed E-state index contributed by atoms with van der Waals surface area (Å²) in [6, 6.07) is 7.58. The lowest BCUT2D eigenvalue weighted by molar-refractivity contribution is -0.115. The summed E-state index contributed by atoms with van der Waals surface area (Å²) in [7, 11) is 0. The van der Waals surface area contributed by atoms with E-state index in [0.717, 1.165) is 11.0 Å². The summed E-state index contributed by atoms with van der Waals surface area (Å²) in [6.07, 6.45) is 5.21. The normalized spacial score (nSPS) is 16.5. The number of ketones is 1. The summed E-state index contributed by atoms with van der Waals surface area (Å²) >= 11 is 1.47. The average molecular weight is 370 g/mol. The van der Waals surface area contributed by atoms with Gasteiger partial charge in [-0.2, -0.15) is 0 Å². The van der Waals surface area contributed by atoms with E-state index < -0.39 is 0 Å². The number of nitrogens with one attached hydrogen (secondary N) is 1. The second-order valence-corrected chi connectivity index (χ2v) is 7.85. The zero-order valence-electron chi connectivity index (χ0n) is 14.8. The fourth-order valence-corrected chi connectivity index (χ4v) is 3.79. The molecule has 0 unspecified atom stereocenters. The van der Waals surface area contributed by atoms with E-state index >= 15 is 0 Å². The van der Waals surface area contributed by atoms with E-state index in [4.69, 9.17) is 0 Å². The molecular weight excluding hydrogens is 348 g/mol. The lowest BCUT2D eigenvalue weighted by atomic mass is 10.1. The van der Waals surface area contributed by atoms with Crippen molar-refractivity contribution < 1.29 is 9.59 Å². The van der Waals surface area contributed by atoms with Gasteiger partial charge in [0.2, 0.25) is 5.91 Å². The Labute approximate surface area is 156 Å². The van der Waals surface area contributed by atoms with Crippen LogP contribution >= 0.6 is 11.8 Å². The molecule has 7 heteroatoms. The van der Waals surface area contributed by atoms with Crippen LogP contribution in [-0.4, -0.2) is 32.2 Å². The van der Waals surface area contributed by atoms with Crippen LogP contribution in [0.4, 0.5) is 5.69 Å². The largest absolute Gasteiger partial charge is 0.326 e. The van der Waals surface area contributed by atoms with Gasteiger partial charge in [0.05, 0.1) is 5.75 Å². The standard InChI is InChI=1S/C19H22N4O2S/c1-2-17(25)20-14-7-5-12(6-8-14)16(24)11-26-19-22-21-18(13-3-4-13)23(19)15-9-10-15/h5-8,13,15H,2-4,9-11H2,1H3,(H,20,25). The molecule has 136 valence electrons. The highest BCUT2D eigenvalue weighted by atomic mass is 32.2. The molecule has 4 rings (SSSR count). The van der Waals surface area contributed by atoms with Gasteiger partial charge in [0, 0.05) is 29.6 Å². The molecule has 0 bridgehead atoms. The number of amides is 1. The van der Waals surface area contributed by atoms with Crippen molar-refractivity contribution in [1.82, 2.24) is 14.8 Å². The van der Waals surface area contributed by atoms with Gasteiger partial charge in [-0.3, -0.25) is 9.59 Å². The van der Waals surface area contributed by atoms with E-state index in [2.05, 4.69) is 20.1 Å². The maximum Gasteiger partial charge on any atom is 0.224 e. The number of carbonyl (C=O) groups is 2. The van der Waals surface area contributed by atoms with E-state index in [1.54, 1.807) is 31.2 Å². The minimum Gasteiger partial charge on any atom is -0.326 e. The average Bonchev–Trinajstić information content (AvgIpc) is 3.59. The second kappa shape index (κ2) is 7.23. The summed E-state index contributed by atoms with van der Waals surface area (Å²) in [5.74, 6) is 2.04. The van der Waals surface area contributed by atoms with Crippen molar-refractivity contribution in [3.05, 3.63) is 35.7 Å². The Bertz CT molecular complexity index is 823. The lowest BCUT2D eigenvalue weighted by Crippen LogP contribution is -2.10. The number of Topliss-reactive ketones (excluding diaryl/α,β-unsaturated/α-hetero) is 1. The first-order valence-corrected chi connectivity index (χ1v) is 10.1. The maximum absolute atomic E-state index is 12.5. The monoisotopic (exact) mass is 370 g/mol. The highest BCUT2D eigenvalue weighted by molar-refractivity contribution is 7.99. The zero-order chi connectivity index (χ0) is 18.1. The first-order valence-electron chi connectivity index (χ1n) is 9.16. The molecular formula is C19H22N4O2S. The van der Waals surface area contributed by atoms with Crippen molar-refractivity contribution in [3.8, 4) is 0 Å². The van der Waals surface area contributed by atoms with Crippen molar-refractivity contribution in [3.63, 3.8) is 0 Å². The first kappa shape index (κ1) is 17.3. The molecule has 2 fully saturated rings. The van der Waals surface area contributed by atoms with E-state index in [0.29, 0.717) is 35.4 Å². The number of thioether (sulfide) groups is 1. The van der Waals surface area contributed by atoms with E-state index in [9.17, 15) is 9.59 Å². The Hall–Kier alpha value is -2.15. The molecule has 2 aliphatic carbocycles. The predicted octanol–water partition coefficient (Wildman–Crippen LogP) is 3.81. The SMILES string of the molecule is CCC(=O)Nc1ccc(C(=O)CSc2nnc(C3CC3)n2C2CC2)cc1. The molecule has 6 nitrogen and oxygen atoms in total. The Morgan fingerprint density at radius 2 is 1.88 bits per heavy atom. The predicted molar refractivity (Wildman–Crippen MR) is 101 cm³/mol. The molecule has 1 aromatic carbocycles. The molecule has 0 radical (unpaired) electrons. The lowest BCUT2D eigenvalue weighted by Gasteiger charge is -2.08. The highest BCUT2D eigenvalue weighted by Gasteiger charge is 2.36. The summed E-state index contributed by atoms with van der Waals surface area (Å²) in [5.41, 5.74) is 1.36. The van der Waals surface area contributed by atoms with Crippen LogP contribution in [-0.2, 0) is 4.79 Å². The Kier molecular flexibility index (Phi) is 4.80. The molecule has 0 spiro atoms. The smallest absolute Gasteiger partial charge is 0.224 e. The molecule has 2 aliphatic rings. The van der Waals surface area contributed by atoms with Gasteiger partial charge in [-0.15, -0.1) is 10.2 Å². The van der Waals surface area contributed by atoms with Crippen molar-refractivity contribution in [2.75, 3.05) is 11.1 Å². The molecule has 2 aromatic rings. The van der Waals surface area contributed by atoms with Crippen LogP contribution in [0.1, 0.15) is 67.2 Å². The highest BCUT2D eigenvalue weighted by Crippen LogP contribution is 2.46. The quantitative estimate of drug-likeness (QED) is 0.565. The number of anilines is 1. The maximum atomic E-state index is 12.5. The van der Waals surface area contributed by atoms with E-state index in [1.807, 2.05) is 0 Å². The third-order valence-electron chi connectivity index (χ3n) is 4.69. The van der Waals surface area contributed by atoms with Gasteiger partial charge in [-0.05, 0) is 49.9 Å². The van der Waals surface area contributed by atoms with Gasteiger partial charge in [-0.1, -0.05) is 18.7 Å². The number of hydrogen-bond acceptors (Lipinski definition) is 5. The molecule has 2 saturated carbocycles. The fraction of sp³-hybridized carbons (Fsp3) is 0.474. The Balaban J connectivity index is 1.39. The second-order valence-electron chi connectivity index (χ2n) is 6.91. The summed E-state index contributed by atoms with van der Waals surface area (Å²) in [5, 5.41) is 12.4. The van der Waals surface area contributed by atoms with Crippen LogP contribution in [0.5, 0.6) is 0 Å². The third-order valence-corrected chi connectivity index (χ3v) is 5.63. The molecule has 1 aromatic heterocycles. The number of rotatable bonds is 8. The topological polar surface area (TPSA) is 76.9 Å². The molecule has 0 saturated heterocycles. The van der Waals surface area contributed by atoms with Gasteiger partial charge < -0.3 is 9.88 Å². The third kappa shape index (κ3) is 3.82. The van der Waals surface area contributed by atoms with Crippen LogP contribution in [0, 0.1) is 0 Å². The van der Waals surface area contributed by atoms with Crippen molar-refractivity contribution in [1.29, 1.82) is 0 Å². The minimum atomic E-state index is -0.0366. The van der Waals surface area contributed by atoms with Crippen molar-refractivity contribution in [2.24, 2.45) is 0 Å². The van der Waals surface area contributed by atoms with Crippen molar-refractivity contribution in [2.45, 2.75) is 56.1 Å². The minimum absolute atomic E-state index is 0.0366. The first-order chi connectivity index (χ1) is 12.7. The molecule has 26 heavy (non-hydrogen) atoms. The summed E-state index contributed by atoms with van der Waals surface area (Å²) in [6.45, 7) is 1.81.